The fourth-order valence-corrected chi connectivity index (χ4v) is 2.25. The summed E-state index contributed by atoms with van der Waals surface area (Å²) < 4.78 is 11.6. The highest BCUT2D eigenvalue weighted by Crippen LogP contribution is 2.20. The number of hydrogen-bond donors (Lipinski definition) is 1. The van der Waals surface area contributed by atoms with Gasteiger partial charge in [-0.25, -0.2) is 0 Å². The minimum absolute atomic E-state index is 0.00840. The Morgan fingerprint density at radius 3 is 2.71 bits per heavy atom. The summed E-state index contributed by atoms with van der Waals surface area (Å²) in [6.07, 6.45) is 10.3. The average Bonchev–Trinajstić information content (AvgIpc) is 2.37. The number of aliphatic hydroxyl groups excluding tert-OH is 1. The van der Waals surface area contributed by atoms with Crippen LogP contribution in [0, 0.1) is 0 Å². The van der Waals surface area contributed by atoms with Crippen molar-refractivity contribution in [2.45, 2.75) is 77.1 Å². The number of rotatable bonds is 9. The molecule has 0 radical (unpaired) electrons. The van der Waals surface area contributed by atoms with Crippen molar-refractivity contribution in [1.82, 2.24) is 0 Å². The molecule has 102 valence electrons. The van der Waals surface area contributed by atoms with Crippen LogP contribution in [0.15, 0.2) is 0 Å². The Hall–Kier alpha value is -0.120. The van der Waals surface area contributed by atoms with Crippen molar-refractivity contribution in [2.75, 3.05) is 13.2 Å². The van der Waals surface area contributed by atoms with Crippen LogP contribution >= 0.6 is 0 Å². The summed E-state index contributed by atoms with van der Waals surface area (Å²) >= 11 is 0. The number of unbranched alkanes of at least 4 members (excludes halogenated alkanes) is 2. The molecule has 0 spiro atoms. The number of aliphatic hydroxyl groups is 1. The second-order valence-corrected chi connectivity index (χ2v) is 4.92. The van der Waals surface area contributed by atoms with Crippen LogP contribution in [-0.2, 0) is 9.47 Å². The van der Waals surface area contributed by atoms with Gasteiger partial charge in [-0.05, 0) is 38.5 Å². The van der Waals surface area contributed by atoms with E-state index in [-0.39, 0.29) is 19.0 Å². The van der Waals surface area contributed by atoms with Gasteiger partial charge >= 0.3 is 0 Å². The first-order valence-electron chi connectivity index (χ1n) is 7.24. The van der Waals surface area contributed by atoms with E-state index in [1.165, 1.54) is 25.7 Å². The molecule has 1 saturated heterocycles. The van der Waals surface area contributed by atoms with Crippen LogP contribution < -0.4 is 0 Å². The highest BCUT2D eigenvalue weighted by molar-refractivity contribution is 4.62. The van der Waals surface area contributed by atoms with Gasteiger partial charge in [-0.3, -0.25) is 0 Å². The first-order valence-corrected chi connectivity index (χ1v) is 7.24. The highest BCUT2D eigenvalue weighted by Gasteiger charge is 2.19. The molecule has 1 aliphatic heterocycles. The largest absolute Gasteiger partial charge is 0.396 e. The Morgan fingerprint density at radius 1 is 1.24 bits per heavy atom. The van der Waals surface area contributed by atoms with Crippen molar-refractivity contribution in [3.8, 4) is 0 Å². The molecule has 0 aromatic heterocycles. The fourth-order valence-electron chi connectivity index (χ4n) is 2.25. The zero-order chi connectivity index (χ0) is 12.3. The third-order valence-electron chi connectivity index (χ3n) is 3.30. The van der Waals surface area contributed by atoms with E-state index in [1.807, 2.05) is 0 Å². The molecule has 1 rings (SSSR count). The average molecular weight is 244 g/mol. The summed E-state index contributed by atoms with van der Waals surface area (Å²) in [5.41, 5.74) is 0. The molecule has 0 aromatic rings. The molecule has 2 atom stereocenters. The van der Waals surface area contributed by atoms with E-state index in [2.05, 4.69) is 6.92 Å². The minimum Gasteiger partial charge on any atom is -0.396 e. The Labute approximate surface area is 105 Å². The molecule has 0 saturated carbocycles. The highest BCUT2D eigenvalue weighted by atomic mass is 16.7. The molecule has 0 aromatic carbocycles. The van der Waals surface area contributed by atoms with Gasteiger partial charge < -0.3 is 14.6 Å². The lowest BCUT2D eigenvalue weighted by Crippen LogP contribution is -2.28. The van der Waals surface area contributed by atoms with Crippen LogP contribution in [0.4, 0.5) is 0 Å². The van der Waals surface area contributed by atoms with E-state index in [4.69, 9.17) is 14.6 Å². The predicted octanol–water partition coefficient (Wildman–Crippen LogP) is 3.25. The van der Waals surface area contributed by atoms with Crippen LogP contribution in [-0.4, -0.2) is 30.7 Å². The summed E-state index contributed by atoms with van der Waals surface area (Å²) in [5, 5.41) is 8.91. The van der Waals surface area contributed by atoms with Gasteiger partial charge in [-0.2, -0.15) is 0 Å². The number of ether oxygens (including phenoxy) is 2. The first kappa shape index (κ1) is 14.9. The van der Waals surface area contributed by atoms with Gasteiger partial charge in [0.25, 0.3) is 0 Å². The second-order valence-electron chi connectivity index (χ2n) is 4.92. The molecular weight excluding hydrogens is 216 g/mol. The van der Waals surface area contributed by atoms with E-state index in [0.29, 0.717) is 0 Å². The topological polar surface area (TPSA) is 38.7 Å². The maximum Gasteiger partial charge on any atom is 0.157 e. The van der Waals surface area contributed by atoms with Crippen molar-refractivity contribution in [3.05, 3.63) is 0 Å². The minimum atomic E-state index is 0.00840. The molecule has 0 aliphatic carbocycles. The summed E-state index contributed by atoms with van der Waals surface area (Å²) in [7, 11) is 0. The second kappa shape index (κ2) is 9.86. The smallest absolute Gasteiger partial charge is 0.157 e. The van der Waals surface area contributed by atoms with E-state index >= 15 is 0 Å². The van der Waals surface area contributed by atoms with Gasteiger partial charge in [0.15, 0.2) is 6.29 Å². The molecule has 3 heteroatoms. The first-order chi connectivity index (χ1) is 8.36. The van der Waals surface area contributed by atoms with Crippen molar-refractivity contribution in [1.29, 1.82) is 0 Å². The molecule has 3 nitrogen and oxygen atoms in total. The van der Waals surface area contributed by atoms with E-state index in [0.717, 1.165) is 38.7 Å². The standard InChI is InChI=1S/C14H28O3/c1-2-3-4-8-13(9-7-11-15)17-14-10-5-6-12-16-14/h13-15H,2-12H2,1H3. The van der Waals surface area contributed by atoms with Gasteiger partial charge in [0, 0.05) is 13.2 Å². The van der Waals surface area contributed by atoms with Crippen LogP contribution in [0.1, 0.15) is 64.7 Å². The number of hydrogen-bond acceptors (Lipinski definition) is 3. The lowest BCUT2D eigenvalue weighted by Gasteiger charge is -2.27. The van der Waals surface area contributed by atoms with Crippen molar-refractivity contribution in [3.63, 3.8) is 0 Å². The lowest BCUT2D eigenvalue weighted by atomic mass is 10.1. The third-order valence-corrected chi connectivity index (χ3v) is 3.30. The fraction of sp³-hybridized carbons (Fsp3) is 1.00. The Balaban J connectivity index is 2.22. The van der Waals surface area contributed by atoms with Gasteiger partial charge in [-0.1, -0.05) is 26.2 Å². The lowest BCUT2D eigenvalue weighted by molar-refractivity contribution is -0.191. The van der Waals surface area contributed by atoms with Gasteiger partial charge in [0.2, 0.25) is 0 Å². The zero-order valence-electron chi connectivity index (χ0n) is 11.2. The van der Waals surface area contributed by atoms with Gasteiger partial charge in [-0.15, -0.1) is 0 Å². The molecule has 0 amide bonds. The molecule has 0 bridgehead atoms. The van der Waals surface area contributed by atoms with Crippen LogP contribution in [0.5, 0.6) is 0 Å². The molecule has 1 heterocycles. The Morgan fingerprint density at radius 2 is 2.06 bits per heavy atom. The van der Waals surface area contributed by atoms with Gasteiger partial charge in [0.1, 0.15) is 0 Å². The van der Waals surface area contributed by atoms with E-state index in [9.17, 15) is 0 Å². The zero-order valence-corrected chi connectivity index (χ0v) is 11.2. The van der Waals surface area contributed by atoms with Crippen molar-refractivity contribution < 1.29 is 14.6 Å². The predicted molar refractivity (Wildman–Crippen MR) is 68.9 cm³/mol. The maximum atomic E-state index is 8.91. The summed E-state index contributed by atoms with van der Waals surface area (Å²) in [6, 6.07) is 0. The summed E-state index contributed by atoms with van der Waals surface area (Å²) in [4.78, 5) is 0. The van der Waals surface area contributed by atoms with Crippen LogP contribution in [0.3, 0.4) is 0 Å². The van der Waals surface area contributed by atoms with E-state index < -0.39 is 0 Å². The monoisotopic (exact) mass is 244 g/mol. The summed E-state index contributed by atoms with van der Waals surface area (Å²) in [5.74, 6) is 0. The normalized spacial score (nSPS) is 22.6. The SMILES string of the molecule is CCCCCC(CCCO)OC1CCCCO1. The maximum absolute atomic E-state index is 8.91. The quantitative estimate of drug-likeness (QED) is 0.633. The van der Waals surface area contributed by atoms with Crippen molar-refractivity contribution >= 4 is 0 Å². The molecular formula is C14H28O3. The van der Waals surface area contributed by atoms with Crippen LogP contribution in [0.2, 0.25) is 0 Å². The van der Waals surface area contributed by atoms with Gasteiger partial charge in [0.05, 0.1) is 6.10 Å². The van der Waals surface area contributed by atoms with E-state index in [1.54, 1.807) is 0 Å². The molecule has 1 N–H and O–H groups in total. The summed E-state index contributed by atoms with van der Waals surface area (Å²) in [6.45, 7) is 3.32. The van der Waals surface area contributed by atoms with Crippen molar-refractivity contribution in [2.24, 2.45) is 0 Å². The third kappa shape index (κ3) is 7.02. The molecule has 1 aliphatic rings. The Bertz CT molecular complexity index is 167. The molecule has 17 heavy (non-hydrogen) atoms. The molecule has 2 unspecified atom stereocenters. The Kier molecular flexibility index (Phi) is 8.67. The molecule has 1 fully saturated rings. The van der Waals surface area contributed by atoms with Crippen LogP contribution in [0.25, 0.3) is 0 Å².